The predicted octanol–water partition coefficient (Wildman–Crippen LogP) is 2.75. The zero-order valence-corrected chi connectivity index (χ0v) is 8.08. The molecule has 2 rings (SSSR count). The number of aromatic nitrogens is 2. The molecule has 0 bridgehead atoms. The highest BCUT2D eigenvalue weighted by Gasteiger charge is 2.00. The minimum Gasteiger partial charge on any atom is -0.241 e. The van der Waals surface area contributed by atoms with Crippen LogP contribution in [0.1, 0.15) is 5.56 Å². The van der Waals surface area contributed by atoms with Crippen LogP contribution in [0, 0.1) is 5.82 Å². The monoisotopic (exact) mass is 210 g/mol. The van der Waals surface area contributed by atoms with E-state index in [9.17, 15) is 4.39 Å². The summed E-state index contributed by atoms with van der Waals surface area (Å²) >= 11 is 5.63. The van der Waals surface area contributed by atoms with Gasteiger partial charge in [0.25, 0.3) is 0 Å². The molecule has 2 nitrogen and oxygen atoms in total. The van der Waals surface area contributed by atoms with E-state index in [-0.39, 0.29) is 5.82 Å². The van der Waals surface area contributed by atoms with Gasteiger partial charge in [-0.2, -0.15) is 5.10 Å². The Hall–Kier alpha value is -1.35. The van der Waals surface area contributed by atoms with Crippen molar-refractivity contribution in [3.63, 3.8) is 0 Å². The van der Waals surface area contributed by atoms with Gasteiger partial charge in [0.15, 0.2) is 0 Å². The van der Waals surface area contributed by atoms with Crippen molar-refractivity contribution in [3.8, 4) is 5.69 Å². The predicted molar refractivity (Wildman–Crippen MR) is 53.1 cm³/mol. The van der Waals surface area contributed by atoms with Crippen molar-refractivity contribution in [2.75, 3.05) is 0 Å². The molecule has 0 unspecified atom stereocenters. The van der Waals surface area contributed by atoms with Crippen LogP contribution < -0.4 is 0 Å². The molecule has 0 saturated heterocycles. The van der Waals surface area contributed by atoms with Crippen molar-refractivity contribution in [1.29, 1.82) is 0 Å². The summed E-state index contributed by atoms with van der Waals surface area (Å²) in [5.74, 6) is 0.139. The summed E-state index contributed by atoms with van der Waals surface area (Å²) in [5, 5.41) is 4.06. The number of hydrogen-bond acceptors (Lipinski definition) is 1. The summed E-state index contributed by atoms with van der Waals surface area (Å²) in [6.07, 6.45) is 3.44. The van der Waals surface area contributed by atoms with Gasteiger partial charge >= 0.3 is 0 Å². The lowest BCUT2D eigenvalue weighted by Crippen LogP contribution is -1.94. The molecule has 1 heterocycles. The topological polar surface area (TPSA) is 17.8 Å². The van der Waals surface area contributed by atoms with Crippen molar-refractivity contribution in [2.45, 2.75) is 5.88 Å². The van der Waals surface area contributed by atoms with Crippen LogP contribution in [0.2, 0.25) is 0 Å². The van der Waals surface area contributed by atoms with E-state index in [0.29, 0.717) is 11.6 Å². The van der Waals surface area contributed by atoms with Crippen molar-refractivity contribution in [2.24, 2.45) is 0 Å². The van der Waals surface area contributed by atoms with Crippen LogP contribution in [-0.2, 0) is 5.88 Å². The van der Waals surface area contributed by atoms with E-state index < -0.39 is 0 Å². The molecule has 2 aromatic rings. The van der Waals surface area contributed by atoms with Crippen LogP contribution in [0.4, 0.5) is 4.39 Å². The van der Waals surface area contributed by atoms with Crippen molar-refractivity contribution in [1.82, 2.24) is 9.78 Å². The highest BCUT2D eigenvalue weighted by Crippen LogP contribution is 2.10. The van der Waals surface area contributed by atoms with Crippen LogP contribution in [-0.4, -0.2) is 9.78 Å². The first-order valence-corrected chi connectivity index (χ1v) is 4.68. The van der Waals surface area contributed by atoms with E-state index in [4.69, 9.17) is 11.6 Å². The van der Waals surface area contributed by atoms with E-state index >= 15 is 0 Å². The summed E-state index contributed by atoms with van der Waals surface area (Å²) < 4.78 is 14.5. The average Bonchev–Trinajstić information content (AvgIpc) is 2.66. The molecular weight excluding hydrogens is 203 g/mol. The number of nitrogens with zero attached hydrogens (tertiary/aromatic N) is 2. The van der Waals surface area contributed by atoms with Crippen molar-refractivity contribution in [3.05, 3.63) is 48.0 Å². The number of rotatable bonds is 2. The first-order valence-electron chi connectivity index (χ1n) is 4.15. The summed E-state index contributed by atoms with van der Waals surface area (Å²) in [5.41, 5.74) is 1.61. The van der Waals surface area contributed by atoms with Crippen molar-refractivity contribution >= 4 is 11.6 Å². The maximum Gasteiger partial charge on any atom is 0.125 e. The molecule has 0 saturated carbocycles. The van der Waals surface area contributed by atoms with E-state index in [1.165, 1.54) is 12.1 Å². The third kappa shape index (κ3) is 1.77. The molecule has 0 spiro atoms. The number of hydrogen-bond donors (Lipinski definition) is 0. The van der Waals surface area contributed by atoms with Gasteiger partial charge < -0.3 is 0 Å². The standard InChI is InChI=1S/C10H8ClFN2/c11-5-8-6-13-14(7-8)10-3-1-2-9(12)4-10/h1-4,6-7H,5H2. The Balaban J connectivity index is 2.39. The molecule has 14 heavy (non-hydrogen) atoms. The smallest absolute Gasteiger partial charge is 0.125 e. The molecule has 0 radical (unpaired) electrons. The molecule has 0 amide bonds. The summed E-state index contributed by atoms with van der Waals surface area (Å²) in [6, 6.07) is 6.25. The summed E-state index contributed by atoms with van der Waals surface area (Å²) in [7, 11) is 0. The molecule has 72 valence electrons. The number of benzene rings is 1. The maximum atomic E-state index is 12.9. The van der Waals surface area contributed by atoms with Gasteiger partial charge in [0.05, 0.1) is 17.8 Å². The quantitative estimate of drug-likeness (QED) is 0.697. The van der Waals surface area contributed by atoms with E-state index in [1.807, 2.05) is 0 Å². The fraction of sp³-hybridized carbons (Fsp3) is 0.100. The zero-order valence-electron chi connectivity index (χ0n) is 7.32. The summed E-state index contributed by atoms with van der Waals surface area (Å²) in [4.78, 5) is 0. The Bertz CT molecular complexity index is 439. The van der Waals surface area contributed by atoms with Gasteiger partial charge in [-0.25, -0.2) is 9.07 Å². The largest absolute Gasteiger partial charge is 0.241 e. The highest BCUT2D eigenvalue weighted by atomic mass is 35.5. The van der Waals surface area contributed by atoms with E-state index in [1.54, 1.807) is 29.2 Å². The fourth-order valence-corrected chi connectivity index (χ4v) is 1.33. The van der Waals surface area contributed by atoms with Gasteiger partial charge in [0.2, 0.25) is 0 Å². The first kappa shape index (κ1) is 9.21. The Morgan fingerprint density at radius 2 is 2.29 bits per heavy atom. The van der Waals surface area contributed by atoms with E-state index in [0.717, 1.165) is 5.56 Å². The molecule has 0 aliphatic carbocycles. The third-order valence-electron chi connectivity index (χ3n) is 1.86. The SMILES string of the molecule is Fc1cccc(-n2cc(CCl)cn2)c1. The molecular formula is C10H8ClFN2. The third-order valence-corrected chi connectivity index (χ3v) is 2.17. The molecule has 1 aromatic heterocycles. The fourth-order valence-electron chi connectivity index (χ4n) is 1.19. The lowest BCUT2D eigenvalue weighted by atomic mass is 10.3. The highest BCUT2D eigenvalue weighted by molar-refractivity contribution is 6.17. The lowest BCUT2D eigenvalue weighted by molar-refractivity contribution is 0.625. The molecule has 0 fully saturated rings. The maximum absolute atomic E-state index is 12.9. The minimum absolute atomic E-state index is 0.273. The van der Waals surface area contributed by atoms with E-state index in [2.05, 4.69) is 5.10 Å². The second-order valence-corrected chi connectivity index (χ2v) is 3.17. The van der Waals surface area contributed by atoms with Gasteiger partial charge in [-0.3, -0.25) is 0 Å². The first-order chi connectivity index (χ1) is 6.79. The lowest BCUT2D eigenvalue weighted by Gasteiger charge is -1.99. The normalized spacial score (nSPS) is 10.4. The molecule has 4 heteroatoms. The van der Waals surface area contributed by atoms with Gasteiger partial charge in [-0.05, 0) is 18.2 Å². The Kier molecular flexibility index (Phi) is 2.50. The average molecular weight is 211 g/mol. The molecule has 0 atom stereocenters. The van der Waals surface area contributed by atoms with Crippen LogP contribution in [0.25, 0.3) is 5.69 Å². The number of alkyl halides is 1. The zero-order chi connectivity index (χ0) is 9.97. The van der Waals surface area contributed by atoms with Crippen LogP contribution in [0.3, 0.4) is 0 Å². The molecule has 1 aromatic carbocycles. The van der Waals surface area contributed by atoms with Gasteiger partial charge in [-0.15, -0.1) is 11.6 Å². The second kappa shape index (κ2) is 3.80. The Labute approximate surface area is 85.9 Å². The van der Waals surface area contributed by atoms with Crippen molar-refractivity contribution < 1.29 is 4.39 Å². The van der Waals surface area contributed by atoms with Gasteiger partial charge in [0, 0.05) is 11.8 Å². The van der Waals surface area contributed by atoms with Crippen LogP contribution >= 0.6 is 11.6 Å². The molecule has 0 aliphatic heterocycles. The Morgan fingerprint density at radius 3 is 2.93 bits per heavy atom. The number of halogens is 2. The summed E-state index contributed by atoms with van der Waals surface area (Å²) in [6.45, 7) is 0. The van der Waals surface area contributed by atoms with Crippen LogP contribution in [0.15, 0.2) is 36.7 Å². The molecule has 0 N–H and O–H groups in total. The van der Waals surface area contributed by atoms with Crippen LogP contribution in [0.5, 0.6) is 0 Å². The second-order valence-electron chi connectivity index (χ2n) is 2.91. The minimum atomic E-state index is -0.273. The molecule has 0 aliphatic rings. The Morgan fingerprint density at radius 1 is 1.43 bits per heavy atom. The van der Waals surface area contributed by atoms with Gasteiger partial charge in [-0.1, -0.05) is 6.07 Å². The van der Waals surface area contributed by atoms with Gasteiger partial charge in [0.1, 0.15) is 5.82 Å².